The molecule has 0 radical (unpaired) electrons. The number of allylic oxidation sites excluding steroid dienone is 1. The van der Waals surface area contributed by atoms with Crippen LogP contribution >= 0.6 is 0 Å². The van der Waals surface area contributed by atoms with Crippen molar-refractivity contribution >= 4 is 22.8 Å². The smallest absolute Gasteiger partial charge is 0.232 e. The number of aryl methyl sites for hydroxylation is 2. The lowest BCUT2D eigenvalue weighted by molar-refractivity contribution is 0.101. The molecule has 0 saturated carbocycles. The van der Waals surface area contributed by atoms with Crippen molar-refractivity contribution < 1.29 is 14.6 Å². The van der Waals surface area contributed by atoms with Crippen molar-refractivity contribution in [2.75, 3.05) is 13.1 Å². The van der Waals surface area contributed by atoms with Crippen molar-refractivity contribution in [2.45, 2.75) is 39.2 Å². The zero-order valence-corrected chi connectivity index (χ0v) is 18.1. The molecular formula is C26H28N2O3. The molecule has 1 N–H and O–H groups in total. The van der Waals surface area contributed by atoms with E-state index >= 15 is 0 Å². The Hall–Kier alpha value is -3.05. The van der Waals surface area contributed by atoms with E-state index in [0.717, 1.165) is 40.7 Å². The molecule has 3 aromatic rings. The first-order valence-electron chi connectivity index (χ1n) is 11.1. The molecule has 2 aliphatic rings. The van der Waals surface area contributed by atoms with Crippen LogP contribution in [-0.2, 0) is 13.6 Å². The molecule has 2 aromatic carbocycles. The molecule has 5 heteroatoms. The molecule has 1 fully saturated rings. The Labute approximate surface area is 182 Å². The number of nitrogens with zero attached hydrogens (tertiary/aromatic N) is 2. The van der Waals surface area contributed by atoms with E-state index < -0.39 is 0 Å². The number of phenolic OH excluding ortho intramolecular Hbond substituents is 1. The summed E-state index contributed by atoms with van der Waals surface area (Å²) in [5.74, 6) is 0.938. The Bertz CT molecular complexity index is 1200. The molecule has 31 heavy (non-hydrogen) atoms. The number of aromatic hydroxyl groups is 1. The molecule has 1 aromatic heterocycles. The number of fused-ring (bicyclic) bond motifs is 2. The molecule has 0 amide bonds. The highest BCUT2D eigenvalue weighted by Crippen LogP contribution is 2.42. The number of hydrogen-bond donors (Lipinski definition) is 1. The lowest BCUT2D eigenvalue weighted by atomic mass is 9.99. The number of benzene rings is 2. The van der Waals surface area contributed by atoms with Crippen LogP contribution in [0, 0.1) is 6.92 Å². The zero-order chi connectivity index (χ0) is 21.5. The third-order valence-corrected chi connectivity index (χ3v) is 6.52. The first kappa shape index (κ1) is 19.9. The third-order valence-electron chi connectivity index (χ3n) is 6.52. The summed E-state index contributed by atoms with van der Waals surface area (Å²) in [6, 6.07) is 9.82. The van der Waals surface area contributed by atoms with Gasteiger partial charge in [0.05, 0.1) is 11.1 Å². The summed E-state index contributed by atoms with van der Waals surface area (Å²) in [5.41, 5.74) is 4.10. The summed E-state index contributed by atoms with van der Waals surface area (Å²) in [6.45, 7) is 4.48. The second kappa shape index (κ2) is 7.89. The van der Waals surface area contributed by atoms with Crippen LogP contribution in [0.3, 0.4) is 0 Å². The number of hydrogen-bond acceptors (Lipinski definition) is 4. The summed E-state index contributed by atoms with van der Waals surface area (Å²) in [7, 11) is 2.00. The van der Waals surface area contributed by atoms with E-state index in [-0.39, 0.29) is 11.5 Å². The lowest BCUT2D eigenvalue weighted by Crippen LogP contribution is -2.24. The number of ether oxygens (including phenoxy) is 1. The van der Waals surface area contributed by atoms with E-state index in [1.54, 1.807) is 6.07 Å². The van der Waals surface area contributed by atoms with Gasteiger partial charge in [0.1, 0.15) is 11.5 Å². The molecule has 160 valence electrons. The Balaban J connectivity index is 1.54. The Morgan fingerprint density at radius 3 is 2.65 bits per heavy atom. The molecule has 0 bridgehead atoms. The maximum absolute atomic E-state index is 13.3. The Morgan fingerprint density at radius 2 is 1.87 bits per heavy atom. The fraction of sp³-hybridized carbons (Fsp3) is 0.346. The predicted octanol–water partition coefficient (Wildman–Crippen LogP) is 5.18. The Kier molecular flexibility index (Phi) is 5.06. The first-order chi connectivity index (χ1) is 15.0. The molecule has 0 unspecified atom stereocenters. The highest BCUT2D eigenvalue weighted by molar-refractivity contribution is 6.16. The minimum absolute atomic E-state index is 0.113. The molecule has 2 aliphatic heterocycles. The maximum Gasteiger partial charge on any atom is 0.232 e. The summed E-state index contributed by atoms with van der Waals surface area (Å²) >= 11 is 0. The molecule has 0 aliphatic carbocycles. The number of carbonyl (C=O) groups is 1. The van der Waals surface area contributed by atoms with Crippen molar-refractivity contribution in [3.8, 4) is 11.5 Å². The number of aromatic nitrogens is 1. The average molecular weight is 417 g/mol. The van der Waals surface area contributed by atoms with Crippen molar-refractivity contribution in [1.82, 2.24) is 9.47 Å². The maximum atomic E-state index is 13.3. The lowest BCUT2D eigenvalue weighted by Gasteiger charge is -2.21. The van der Waals surface area contributed by atoms with E-state index in [9.17, 15) is 9.90 Å². The van der Waals surface area contributed by atoms with Gasteiger partial charge in [0.15, 0.2) is 5.76 Å². The van der Waals surface area contributed by atoms with Gasteiger partial charge < -0.3 is 14.4 Å². The number of phenols is 1. The van der Waals surface area contributed by atoms with Crippen molar-refractivity contribution in [3.05, 3.63) is 64.5 Å². The number of carbonyl (C=O) groups excluding carboxylic acids is 1. The van der Waals surface area contributed by atoms with Crippen LogP contribution in [0.5, 0.6) is 11.5 Å². The van der Waals surface area contributed by atoms with Crippen molar-refractivity contribution in [1.29, 1.82) is 0 Å². The second-order valence-electron chi connectivity index (χ2n) is 8.74. The van der Waals surface area contributed by atoms with E-state index in [1.807, 2.05) is 38.4 Å². The molecule has 3 heterocycles. The highest BCUT2D eigenvalue weighted by atomic mass is 16.5. The Morgan fingerprint density at radius 1 is 1.13 bits per heavy atom. The van der Waals surface area contributed by atoms with Gasteiger partial charge in [-0.05, 0) is 56.6 Å². The van der Waals surface area contributed by atoms with Crippen LogP contribution in [0.4, 0.5) is 0 Å². The average Bonchev–Trinajstić information content (AvgIpc) is 3.10. The predicted molar refractivity (Wildman–Crippen MR) is 122 cm³/mol. The van der Waals surface area contributed by atoms with Crippen molar-refractivity contribution in [2.24, 2.45) is 7.05 Å². The van der Waals surface area contributed by atoms with Crippen LogP contribution in [-0.4, -0.2) is 33.4 Å². The topological polar surface area (TPSA) is 54.7 Å². The normalized spacial score (nSPS) is 18.4. The standard InChI is InChI=1S/C26H28N2O3/c1-17-13-22(29)20(16-28-11-7-3-4-8-12-28)26-24(17)25(30)23(31-26)14-18-15-27(2)21-10-6-5-9-19(18)21/h5-6,9-10,13-15,29H,3-4,7-8,11-12,16H2,1-2H3/b23-14-. The van der Waals surface area contributed by atoms with E-state index in [2.05, 4.69) is 21.6 Å². The van der Waals surface area contributed by atoms with E-state index in [4.69, 9.17) is 4.74 Å². The number of para-hydroxylation sites is 1. The van der Waals surface area contributed by atoms with Gasteiger partial charge in [-0.3, -0.25) is 9.69 Å². The second-order valence-corrected chi connectivity index (χ2v) is 8.74. The fourth-order valence-electron chi connectivity index (χ4n) is 4.88. The minimum atomic E-state index is -0.113. The molecule has 5 rings (SSSR count). The van der Waals surface area contributed by atoms with Gasteiger partial charge in [-0.25, -0.2) is 0 Å². The fourth-order valence-corrected chi connectivity index (χ4v) is 4.88. The molecule has 5 nitrogen and oxygen atoms in total. The quantitative estimate of drug-likeness (QED) is 0.598. The zero-order valence-electron chi connectivity index (χ0n) is 18.1. The van der Waals surface area contributed by atoms with Crippen molar-refractivity contribution in [3.63, 3.8) is 0 Å². The van der Waals surface area contributed by atoms with Crippen LogP contribution in [0.2, 0.25) is 0 Å². The highest BCUT2D eigenvalue weighted by Gasteiger charge is 2.34. The molecule has 0 atom stereocenters. The van der Waals surface area contributed by atoms with Crippen LogP contribution in [0.15, 0.2) is 42.3 Å². The molecular weight excluding hydrogens is 388 g/mol. The van der Waals surface area contributed by atoms with Gasteiger partial charge in [0.2, 0.25) is 5.78 Å². The minimum Gasteiger partial charge on any atom is -0.507 e. The van der Waals surface area contributed by atoms with Crippen LogP contribution in [0.1, 0.15) is 52.7 Å². The number of likely N-dealkylation sites (tertiary alicyclic amines) is 1. The number of ketones is 1. The van der Waals surface area contributed by atoms with Crippen LogP contribution in [0.25, 0.3) is 17.0 Å². The third kappa shape index (κ3) is 3.53. The van der Waals surface area contributed by atoms with Gasteiger partial charge in [-0.15, -0.1) is 0 Å². The largest absolute Gasteiger partial charge is 0.507 e. The van der Waals surface area contributed by atoms with Gasteiger partial charge >= 0.3 is 0 Å². The molecule has 1 saturated heterocycles. The van der Waals surface area contributed by atoms with E-state index in [0.29, 0.717) is 23.6 Å². The van der Waals surface area contributed by atoms with Gasteiger partial charge in [-0.2, -0.15) is 0 Å². The SMILES string of the molecule is Cc1cc(O)c(CN2CCCCCC2)c2c1C(=O)/C(=C/c1cn(C)c3ccccc13)O2. The monoisotopic (exact) mass is 416 g/mol. The van der Waals surface area contributed by atoms with E-state index in [1.165, 1.54) is 25.7 Å². The number of rotatable bonds is 3. The summed E-state index contributed by atoms with van der Waals surface area (Å²) in [5, 5.41) is 11.8. The number of Topliss-reactive ketones (excluding diaryl/α,β-unsaturated/α-hetero) is 1. The van der Waals surface area contributed by atoms with Gasteiger partial charge in [0.25, 0.3) is 0 Å². The summed E-state index contributed by atoms with van der Waals surface area (Å²) < 4.78 is 8.21. The van der Waals surface area contributed by atoms with Gasteiger partial charge in [0, 0.05) is 36.3 Å². The van der Waals surface area contributed by atoms with Gasteiger partial charge in [-0.1, -0.05) is 31.0 Å². The summed E-state index contributed by atoms with van der Waals surface area (Å²) in [4.78, 5) is 15.6. The summed E-state index contributed by atoms with van der Waals surface area (Å²) in [6.07, 6.45) is 8.68. The first-order valence-corrected chi connectivity index (χ1v) is 11.1. The molecule has 0 spiro atoms. The van der Waals surface area contributed by atoms with Crippen LogP contribution < -0.4 is 4.74 Å².